The van der Waals surface area contributed by atoms with E-state index in [1.54, 1.807) is 0 Å². The maximum atomic E-state index is 10.3. The van der Waals surface area contributed by atoms with Crippen LogP contribution in [0.3, 0.4) is 0 Å². The Kier molecular flexibility index (Phi) is 4.25. The van der Waals surface area contributed by atoms with E-state index in [9.17, 15) is 5.11 Å². The van der Waals surface area contributed by atoms with E-state index in [1.165, 1.54) is 5.56 Å². The van der Waals surface area contributed by atoms with E-state index < -0.39 is 5.60 Å². The Hall–Kier alpha value is -1.06. The topological polar surface area (TPSA) is 38.7 Å². The van der Waals surface area contributed by atoms with Gasteiger partial charge in [-0.1, -0.05) is 26.0 Å². The number of benzene rings is 1. The lowest BCUT2D eigenvalue weighted by Gasteiger charge is -2.31. The van der Waals surface area contributed by atoms with E-state index in [0.29, 0.717) is 38.6 Å². The Balaban J connectivity index is 1.89. The second kappa shape index (κ2) is 5.72. The van der Waals surface area contributed by atoms with Crippen LogP contribution in [0.4, 0.5) is 0 Å². The van der Waals surface area contributed by atoms with Crippen LogP contribution in [0.1, 0.15) is 38.2 Å². The van der Waals surface area contributed by atoms with Gasteiger partial charge in [0.2, 0.25) is 0 Å². The zero-order valence-electron chi connectivity index (χ0n) is 11.2. The van der Waals surface area contributed by atoms with Crippen LogP contribution in [0.25, 0.3) is 0 Å². The van der Waals surface area contributed by atoms with Gasteiger partial charge < -0.3 is 14.6 Å². The molecule has 18 heavy (non-hydrogen) atoms. The Morgan fingerprint density at radius 2 is 1.83 bits per heavy atom. The first-order chi connectivity index (χ1) is 8.59. The third-order valence-corrected chi connectivity index (χ3v) is 3.48. The van der Waals surface area contributed by atoms with Gasteiger partial charge in [0.1, 0.15) is 18.0 Å². The molecular weight excluding hydrogens is 228 g/mol. The van der Waals surface area contributed by atoms with Gasteiger partial charge in [0, 0.05) is 26.1 Å². The molecule has 1 aliphatic heterocycles. The third kappa shape index (κ3) is 3.47. The van der Waals surface area contributed by atoms with Gasteiger partial charge in [0.15, 0.2) is 0 Å². The van der Waals surface area contributed by atoms with Crippen molar-refractivity contribution in [3.63, 3.8) is 0 Å². The van der Waals surface area contributed by atoms with Crippen molar-refractivity contribution in [2.75, 3.05) is 19.8 Å². The van der Waals surface area contributed by atoms with Crippen LogP contribution in [-0.4, -0.2) is 30.5 Å². The van der Waals surface area contributed by atoms with Crippen molar-refractivity contribution in [2.45, 2.75) is 38.2 Å². The quantitative estimate of drug-likeness (QED) is 0.893. The molecule has 1 aliphatic rings. The van der Waals surface area contributed by atoms with E-state index in [0.717, 1.165) is 5.75 Å². The van der Waals surface area contributed by atoms with Crippen molar-refractivity contribution in [3.05, 3.63) is 29.8 Å². The van der Waals surface area contributed by atoms with Crippen LogP contribution in [-0.2, 0) is 4.74 Å². The van der Waals surface area contributed by atoms with Gasteiger partial charge in [-0.2, -0.15) is 0 Å². The molecule has 3 heteroatoms. The summed E-state index contributed by atoms with van der Waals surface area (Å²) >= 11 is 0. The van der Waals surface area contributed by atoms with Crippen molar-refractivity contribution in [1.82, 2.24) is 0 Å². The summed E-state index contributed by atoms with van der Waals surface area (Å²) in [7, 11) is 0. The van der Waals surface area contributed by atoms with Crippen LogP contribution in [0.5, 0.6) is 5.75 Å². The number of ether oxygens (including phenoxy) is 2. The van der Waals surface area contributed by atoms with Crippen molar-refractivity contribution in [3.8, 4) is 5.75 Å². The molecule has 0 spiro atoms. The van der Waals surface area contributed by atoms with Gasteiger partial charge in [-0.05, 0) is 23.6 Å². The maximum absolute atomic E-state index is 10.3. The fraction of sp³-hybridized carbons (Fsp3) is 0.600. The lowest BCUT2D eigenvalue weighted by molar-refractivity contribution is -0.0855. The Bertz CT molecular complexity index is 364. The molecule has 0 amide bonds. The molecule has 1 saturated heterocycles. The van der Waals surface area contributed by atoms with E-state index in [2.05, 4.69) is 26.0 Å². The maximum Gasteiger partial charge on any atom is 0.119 e. The Morgan fingerprint density at radius 3 is 2.39 bits per heavy atom. The highest BCUT2D eigenvalue weighted by atomic mass is 16.5. The lowest BCUT2D eigenvalue weighted by Crippen LogP contribution is -2.41. The predicted octanol–water partition coefficient (Wildman–Crippen LogP) is 2.73. The number of aliphatic hydroxyl groups is 1. The number of rotatable bonds is 4. The van der Waals surface area contributed by atoms with E-state index >= 15 is 0 Å². The molecule has 100 valence electrons. The average Bonchev–Trinajstić information content (AvgIpc) is 2.38. The largest absolute Gasteiger partial charge is 0.491 e. The van der Waals surface area contributed by atoms with Gasteiger partial charge in [0.05, 0.1) is 0 Å². The minimum absolute atomic E-state index is 0.345. The smallest absolute Gasteiger partial charge is 0.119 e. The molecule has 0 aromatic heterocycles. The molecule has 0 radical (unpaired) electrons. The number of hydrogen-bond acceptors (Lipinski definition) is 3. The summed E-state index contributed by atoms with van der Waals surface area (Å²) in [6.07, 6.45) is 1.30. The highest BCUT2D eigenvalue weighted by molar-refractivity contribution is 5.28. The minimum atomic E-state index is -0.727. The molecular formula is C15H22O3. The average molecular weight is 250 g/mol. The molecule has 0 unspecified atom stereocenters. The summed E-state index contributed by atoms with van der Waals surface area (Å²) < 4.78 is 10.9. The monoisotopic (exact) mass is 250 g/mol. The van der Waals surface area contributed by atoms with Crippen LogP contribution < -0.4 is 4.74 Å². The summed E-state index contributed by atoms with van der Waals surface area (Å²) in [6.45, 7) is 5.91. The highest BCUT2D eigenvalue weighted by Gasteiger charge is 2.30. The second-order valence-corrected chi connectivity index (χ2v) is 5.35. The van der Waals surface area contributed by atoms with Gasteiger partial charge in [-0.15, -0.1) is 0 Å². The molecule has 3 nitrogen and oxygen atoms in total. The summed E-state index contributed by atoms with van der Waals surface area (Å²) in [6, 6.07) is 8.10. The SMILES string of the molecule is CC(C)c1ccc(OCC2(O)CCOCC2)cc1. The summed E-state index contributed by atoms with van der Waals surface area (Å²) in [5.74, 6) is 1.35. The molecule has 0 bridgehead atoms. The summed E-state index contributed by atoms with van der Waals surface area (Å²) in [5, 5.41) is 10.3. The molecule has 2 rings (SSSR count). The molecule has 0 atom stereocenters. The summed E-state index contributed by atoms with van der Waals surface area (Å²) in [4.78, 5) is 0. The molecule has 0 saturated carbocycles. The Labute approximate surface area is 109 Å². The zero-order valence-corrected chi connectivity index (χ0v) is 11.2. The van der Waals surface area contributed by atoms with Crippen LogP contribution >= 0.6 is 0 Å². The van der Waals surface area contributed by atoms with E-state index in [1.807, 2.05) is 12.1 Å². The van der Waals surface area contributed by atoms with Gasteiger partial charge >= 0.3 is 0 Å². The molecule has 1 N–H and O–H groups in total. The first-order valence-electron chi connectivity index (χ1n) is 6.62. The molecule has 1 fully saturated rings. The minimum Gasteiger partial charge on any atom is -0.491 e. The van der Waals surface area contributed by atoms with Crippen molar-refractivity contribution in [2.24, 2.45) is 0 Å². The van der Waals surface area contributed by atoms with Crippen LogP contribution in [0.2, 0.25) is 0 Å². The standard InChI is InChI=1S/C15H22O3/c1-12(2)13-3-5-14(6-4-13)18-11-15(16)7-9-17-10-8-15/h3-6,12,16H,7-11H2,1-2H3. The van der Waals surface area contributed by atoms with Gasteiger partial charge in [0.25, 0.3) is 0 Å². The zero-order chi connectivity index (χ0) is 13.0. The second-order valence-electron chi connectivity index (χ2n) is 5.35. The van der Waals surface area contributed by atoms with Gasteiger partial charge in [-0.3, -0.25) is 0 Å². The van der Waals surface area contributed by atoms with Crippen LogP contribution in [0.15, 0.2) is 24.3 Å². The Morgan fingerprint density at radius 1 is 1.22 bits per heavy atom. The van der Waals surface area contributed by atoms with Crippen molar-refractivity contribution < 1.29 is 14.6 Å². The van der Waals surface area contributed by atoms with Gasteiger partial charge in [-0.25, -0.2) is 0 Å². The molecule has 1 aromatic carbocycles. The third-order valence-electron chi connectivity index (χ3n) is 3.48. The first-order valence-corrected chi connectivity index (χ1v) is 6.62. The molecule has 1 aromatic rings. The van der Waals surface area contributed by atoms with Crippen LogP contribution in [0, 0.1) is 0 Å². The van der Waals surface area contributed by atoms with Crippen molar-refractivity contribution >= 4 is 0 Å². The molecule has 1 heterocycles. The molecule has 0 aliphatic carbocycles. The first kappa shape index (κ1) is 13.4. The highest BCUT2D eigenvalue weighted by Crippen LogP contribution is 2.23. The normalized spacial score (nSPS) is 18.9. The lowest BCUT2D eigenvalue weighted by atomic mass is 9.96. The fourth-order valence-electron chi connectivity index (χ4n) is 2.06. The fourth-order valence-corrected chi connectivity index (χ4v) is 2.06. The summed E-state index contributed by atoms with van der Waals surface area (Å²) in [5.41, 5.74) is 0.571. The van der Waals surface area contributed by atoms with E-state index in [4.69, 9.17) is 9.47 Å². The van der Waals surface area contributed by atoms with Crippen molar-refractivity contribution in [1.29, 1.82) is 0 Å². The predicted molar refractivity (Wildman–Crippen MR) is 71.0 cm³/mol. The number of hydrogen-bond donors (Lipinski definition) is 1. The van der Waals surface area contributed by atoms with E-state index in [-0.39, 0.29) is 0 Å².